The molecule has 17 heavy (non-hydrogen) atoms. The molecule has 0 saturated heterocycles. The number of rotatable bonds is 4. The molecular formula is C11H15BrN2O2S. The van der Waals surface area contributed by atoms with Crippen molar-refractivity contribution in [2.24, 2.45) is 5.14 Å². The summed E-state index contributed by atoms with van der Waals surface area (Å²) in [6.45, 7) is 2.54. The average molecular weight is 319 g/mol. The molecule has 1 aliphatic rings. The van der Waals surface area contributed by atoms with Crippen molar-refractivity contribution in [1.29, 1.82) is 0 Å². The van der Waals surface area contributed by atoms with Crippen LogP contribution in [0.15, 0.2) is 21.5 Å². The second-order valence-corrected chi connectivity index (χ2v) is 6.75. The molecule has 0 spiro atoms. The molecule has 0 unspecified atom stereocenters. The van der Waals surface area contributed by atoms with E-state index in [0.29, 0.717) is 17.1 Å². The molecule has 0 atom stereocenters. The molecule has 4 nitrogen and oxygen atoms in total. The second kappa shape index (κ2) is 4.68. The minimum Gasteiger partial charge on any atom is -0.310 e. The Kier molecular flexibility index (Phi) is 3.58. The van der Waals surface area contributed by atoms with E-state index < -0.39 is 10.0 Å². The van der Waals surface area contributed by atoms with E-state index in [-0.39, 0.29) is 4.90 Å². The summed E-state index contributed by atoms with van der Waals surface area (Å²) in [6, 6.07) is 4.19. The molecule has 1 saturated carbocycles. The maximum atomic E-state index is 11.4. The standard InChI is InChI=1S/C11H15BrN2O2S/c1-7-4-8(6-14-9-2-3-9)5-10(11(7)12)17(13,15)16/h4-5,9,14H,2-3,6H2,1H3,(H2,13,15,16). The molecule has 3 N–H and O–H groups in total. The Hall–Kier alpha value is -0.430. The Balaban J connectivity index is 2.31. The third kappa shape index (κ3) is 3.28. The predicted molar refractivity (Wildman–Crippen MR) is 70.1 cm³/mol. The van der Waals surface area contributed by atoms with E-state index in [1.54, 1.807) is 6.07 Å². The van der Waals surface area contributed by atoms with Crippen LogP contribution in [0.5, 0.6) is 0 Å². The van der Waals surface area contributed by atoms with E-state index in [4.69, 9.17) is 5.14 Å². The van der Waals surface area contributed by atoms with Gasteiger partial charge in [-0.3, -0.25) is 0 Å². The topological polar surface area (TPSA) is 72.2 Å². The molecule has 1 aliphatic carbocycles. The summed E-state index contributed by atoms with van der Waals surface area (Å²) in [5.74, 6) is 0. The number of primary sulfonamides is 1. The maximum absolute atomic E-state index is 11.4. The molecule has 0 aliphatic heterocycles. The van der Waals surface area contributed by atoms with E-state index in [9.17, 15) is 8.42 Å². The second-order valence-electron chi connectivity index (χ2n) is 4.43. The van der Waals surface area contributed by atoms with E-state index in [0.717, 1.165) is 11.1 Å². The molecule has 1 aromatic carbocycles. The number of aryl methyl sites for hydroxylation is 1. The average Bonchev–Trinajstić information content (AvgIpc) is 3.01. The predicted octanol–water partition coefficient (Wildman–Crippen LogP) is 1.66. The highest BCUT2D eigenvalue weighted by molar-refractivity contribution is 9.10. The van der Waals surface area contributed by atoms with Gasteiger partial charge in [-0.05, 0) is 52.9 Å². The van der Waals surface area contributed by atoms with Crippen molar-refractivity contribution < 1.29 is 8.42 Å². The van der Waals surface area contributed by atoms with Crippen molar-refractivity contribution in [3.05, 3.63) is 27.7 Å². The highest BCUT2D eigenvalue weighted by Crippen LogP contribution is 2.27. The van der Waals surface area contributed by atoms with E-state index in [1.807, 2.05) is 13.0 Å². The van der Waals surface area contributed by atoms with Gasteiger partial charge in [-0.25, -0.2) is 13.6 Å². The van der Waals surface area contributed by atoms with Crippen molar-refractivity contribution >= 4 is 26.0 Å². The number of nitrogens with two attached hydrogens (primary N) is 1. The Morgan fingerprint density at radius 3 is 2.65 bits per heavy atom. The van der Waals surface area contributed by atoms with E-state index >= 15 is 0 Å². The molecule has 0 heterocycles. The number of nitrogens with one attached hydrogen (secondary N) is 1. The zero-order valence-electron chi connectivity index (χ0n) is 9.53. The lowest BCUT2D eigenvalue weighted by molar-refractivity contribution is 0.596. The first kappa shape index (κ1) is 13.0. The Morgan fingerprint density at radius 1 is 1.47 bits per heavy atom. The number of halogens is 1. The van der Waals surface area contributed by atoms with Gasteiger partial charge in [0.1, 0.15) is 0 Å². The SMILES string of the molecule is Cc1cc(CNC2CC2)cc(S(N)(=O)=O)c1Br. The molecular weight excluding hydrogens is 304 g/mol. The monoisotopic (exact) mass is 318 g/mol. The van der Waals surface area contributed by atoms with Crippen LogP contribution in [0, 0.1) is 6.92 Å². The van der Waals surface area contributed by atoms with Gasteiger partial charge in [0.05, 0.1) is 4.90 Å². The molecule has 6 heteroatoms. The van der Waals surface area contributed by atoms with Crippen molar-refractivity contribution in [1.82, 2.24) is 5.32 Å². The fraction of sp³-hybridized carbons (Fsp3) is 0.455. The Bertz CT molecular complexity index is 539. The number of hydrogen-bond acceptors (Lipinski definition) is 3. The van der Waals surface area contributed by atoms with Crippen molar-refractivity contribution in [3.8, 4) is 0 Å². The number of hydrogen-bond donors (Lipinski definition) is 2. The molecule has 0 aromatic heterocycles. The summed E-state index contributed by atoms with van der Waals surface area (Å²) in [4.78, 5) is 0.157. The summed E-state index contributed by atoms with van der Waals surface area (Å²) in [6.07, 6.45) is 2.41. The molecule has 2 rings (SSSR count). The van der Waals surface area contributed by atoms with Crippen LogP contribution in [0.4, 0.5) is 0 Å². The van der Waals surface area contributed by atoms with Gasteiger partial charge in [-0.2, -0.15) is 0 Å². The minimum atomic E-state index is -3.68. The first-order valence-electron chi connectivity index (χ1n) is 5.43. The fourth-order valence-corrected chi connectivity index (χ4v) is 3.30. The van der Waals surface area contributed by atoms with Gasteiger partial charge in [0.25, 0.3) is 0 Å². The highest BCUT2D eigenvalue weighted by Gasteiger charge is 2.21. The third-order valence-corrected chi connectivity index (χ3v) is 5.01. The van der Waals surface area contributed by atoms with Crippen molar-refractivity contribution in [3.63, 3.8) is 0 Å². The summed E-state index contributed by atoms with van der Waals surface area (Å²) >= 11 is 3.26. The maximum Gasteiger partial charge on any atom is 0.239 e. The van der Waals surface area contributed by atoms with Crippen LogP contribution in [-0.2, 0) is 16.6 Å². The molecule has 0 radical (unpaired) electrons. The van der Waals surface area contributed by atoms with Crippen LogP contribution in [0.2, 0.25) is 0 Å². The molecule has 1 fully saturated rings. The van der Waals surface area contributed by atoms with Crippen molar-refractivity contribution in [2.45, 2.75) is 37.2 Å². The zero-order chi connectivity index (χ0) is 12.6. The lowest BCUT2D eigenvalue weighted by atomic mass is 10.1. The Labute approximate surface area is 110 Å². The van der Waals surface area contributed by atoms with Gasteiger partial charge in [0.15, 0.2) is 0 Å². The van der Waals surface area contributed by atoms with Gasteiger partial charge >= 0.3 is 0 Å². The van der Waals surface area contributed by atoms with E-state index in [2.05, 4.69) is 21.2 Å². The largest absolute Gasteiger partial charge is 0.310 e. The normalized spacial score (nSPS) is 16.2. The van der Waals surface area contributed by atoms with Crippen LogP contribution >= 0.6 is 15.9 Å². The molecule has 94 valence electrons. The van der Waals surface area contributed by atoms with Crippen molar-refractivity contribution in [2.75, 3.05) is 0 Å². The Morgan fingerprint density at radius 2 is 2.12 bits per heavy atom. The summed E-state index contributed by atoms with van der Waals surface area (Å²) in [5.41, 5.74) is 1.82. The van der Waals surface area contributed by atoms with Crippen LogP contribution in [0.3, 0.4) is 0 Å². The van der Waals surface area contributed by atoms with Gasteiger partial charge in [0.2, 0.25) is 10.0 Å². The molecule has 1 aromatic rings. The highest BCUT2D eigenvalue weighted by atomic mass is 79.9. The fourth-order valence-electron chi connectivity index (χ4n) is 1.67. The quantitative estimate of drug-likeness (QED) is 0.886. The summed E-state index contributed by atoms with van der Waals surface area (Å²) in [5, 5.41) is 8.53. The first-order valence-corrected chi connectivity index (χ1v) is 7.77. The smallest absolute Gasteiger partial charge is 0.239 e. The zero-order valence-corrected chi connectivity index (χ0v) is 11.9. The summed E-state index contributed by atoms with van der Waals surface area (Å²) in [7, 11) is -3.68. The van der Waals surface area contributed by atoms with Crippen LogP contribution in [0.1, 0.15) is 24.0 Å². The number of benzene rings is 1. The third-order valence-electron chi connectivity index (χ3n) is 2.76. The molecule has 0 amide bonds. The van der Waals surface area contributed by atoms with Crippen LogP contribution in [0.25, 0.3) is 0 Å². The van der Waals surface area contributed by atoms with Gasteiger partial charge in [-0.15, -0.1) is 0 Å². The lowest BCUT2D eigenvalue weighted by Gasteiger charge is -2.10. The first-order chi connectivity index (χ1) is 7.88. The number of sulfonamides is 1. The van der Waals surface area contributed by atoms with Crippen LogP contribution < -0.4 is 10.5 Å². The van der Waals surface area contributed by atoms with E-state index in [1.165, 1.54) is 12.8 Å². The van der Waals surface area contributed by atoms with Gasteiger partial charge in [-0.1, -0.05) is 6.07 Å². The lowest BCUT2D eigenvalue weighted by Crippen LogP contribution is -2.17. The minimum absolute atomic E-state index is 0.157. The van der Waals surface area contributed by atoms with Crippen LogP contribution in [-0.4, -0.2) is 14.5 Å². The van der Waals surface area contributed by atoms with Gasteiger partial charge in [0, 0.05) is 17.1 Å². The summed E-state index contributed by atoms with van der Waals surface area (Å²) < 4.78 is 23.4. The van der Waals surface area contributed by atoms with Gasteiger partial charge < -0.3 is 5.32 Å². The molecule has 0 bridgehead atoms.